The summed E-state index contributed by atoms with van der Waals surface area (Å²) in [5.41, 5.74) is 0. The Morgan fingerprint density at radius 1 is 0.750 bits per heavy atom. The Kier molecular flexibility index (Phi) is 11.0. The quantitative estimate of drug-likeness (QED) is 0.289. The van der Waals surface area contributed by atoms with Crippen LogP contribution in [-0.2, 0) is 4.74 Å². The minimum Gasteiger partial charge on any atom is -0.379 e. The molecule has 0 saturated carbocycles. The van der Waals surface area contributed by atoms with Crippen LogP contribution in [0.15, 0.2) is 0 Å². The topological polar surface area (TPSA) is 12.5 Å². The molecule has 0 aromatic heterocycles. The van der Waals surface area contributed by atoms with E-state index in [1.807, 2.05) is 0 Å². The minimum absolute atomic E-state index is 0.817. The van der Waals surface area contributed by atoms with Crippen molar-refractivity contribution in [2.45, 2.75) is 57.4 Å². The van der Waals surface area contributed by atoms with Crippen LogP contribution in [0.3, 0.4) is 0 Å². The van der Waals surface area contributed by atoms with Crippen molar-refractivity contribution in [2.75, 3.05) is 32.8 Å². The minimum atomic E-state index is -2.36. The van der Waals surface area contributed by atoms with Gasteiger partial charge in [0.2, 0.25) is 0 Å². The zero-order valence-corrected chi connectivity index (χ0v) is 15.7. The Balaban J connectivity index is 1.76. The largest absolute Gasteiger partial charge is 0.379 e. The van der Waals surface area contributed by atoms with Crippen molar-refractivity contribution in [1.29, 1.82) is 0 Å². The summed E-state index contributed by atoms with van der Waals surface area (Å²) in [6.45, 7) is 5.31. The number of hydrogen-bond donors (Lipinski definition) is 0. The lowest BCUT2D eigenvalue weighted by molar-refractivity contribution is 0.0371. The first-order valence-electron chi connectivity index (χ1n) is 7.95. The fraction of sp³-hybridized carbons (Fsp3) is 1.00. The van der Waals surface area contributed by atoms with Crippen LogP contribution in [-0.4, -0.2) is 43.8 Å². The van der Waals surface area contributed by atoms with E-state index >= 15 is 0 Å². The lowest BCUT2D eigenvalue weighted by Gasteiger charge is -2.26. The third-order valence-corrected chi connectivity index (χ3v) is 6.41. The van der Waals surface area contributed by atoms with Gasteiger partial charge >= 0.3 is 6.00 Å². The van der Waals surface area contributed by atoms with Gasteiger partial charge in [0, 0.05) is 13.1 Å². The lowest BCUT2D eigenvalue weighted by Crippen LogP contribution is -2.36. The molecule has 1 saturated heterocycles. The number of morpholine rings is 1. The average Bonchev–Trinajstić information content (AvgIpc) is 2.41. The standard InChI is InChI=1S/C14H28Cl3NOSi/c15-20(16,17)14-8-6-4-2-1-3-5-7-9-18-10-12-19-13-11-18/h1-14H2. The van der Waals surface area contributed by atoms with Crippen molar-refractivity contribution in [3.63, 3.8) is 0 Å². The van der Waals surface area contributed by atoms with Crippen LogP contribution in [0.2, 0.25) is 6.04 Å². The van der Waals surface area contributed by atoms with Gasteiger partial charge in [0.25, 0.3) is 0 Å². The van der Waals surface area contributed by atoms with Crippen LogP contribution in [0.4, 0.5) is 0 Å². The first-order valence-corrected chi connectivity index (χ1v) is 13.2. The predicted octanol–water partition coefficient (Wildman–Crippen LogP) is 5.09. The molecule has 0 atom stereocenters. The molecule has 2 nitrogen and oxygen atoms in total. The number of hydrogen-bond acceptors (Lipinski definition) is 2. The Morgan fingerprint density at radius 2 is 1.25 bits per heavy atom. The van der Waals surface area contributed by atoms with Gasteiger partial charge in [-0.1, -0.05) is 44.9 Å². The van der Waals surface area contributed by atoms with Gasteiger partial charge in [-0.05, 0) is 19.0 Å². The summed E-state index contributed by atoms with van der Waals surface area (Å²) < 4.78 is 5.35. The van der Waals surface area contributed by atoms with Crippen LogP contribution in [0.25, 0.3) is 0 Å². The molecule has 1 rings (SSSR count). The molecule has 120 valence electrons. The van der Waals surface area contributed by atoms with Crippen molar-refractivity contribution >= 4 is 39.2 Å². The maximum absolute atomic E-state index is 5.85. The first kappa shape index (κ1) is 19.1. The highest BCUT2D eigenvalue weighted by molar-refractivity contribution is 7.64. The number of unbranched alkanes of at least 4 members (excludes halogenated alkanes) is 7. The van der Waals surface area contributed by atoms with Crippen LogP contribution >= 0.6 is 33.2 Å². The number of rotatable bonds is 11. The van der Waals surface area contributed by atoms with E-state index in [9.17, 15) is 0 Å². The highest BCUT2D eigenvalue weighted by Crippen LogP contribution is 2.27. The molecule has 0 radical (unpaired) electrons. The molecule has 0 aliphatic carbocycles. The fourth-order valence-electron chi connectivity index (χ4n) is 2.55. The highest BCUT2D eigenvalue weighted by atomic mass is 35.8. The fourth-order valence-corrected chi connectivity index (χ4v) is 4.40. The second-order valence-corrected chi connectivity index (χ2v) is 14.9. The monoisotopic (exact) mass is 359 g/mol. The highest BCUT2D eigenvalue weighted by Gasteiger charge is 2.23. The maximum Gasteiger partial charge on any atom is 0.341 e. The first-order chi connectivity index (χ1) is 9.58. The average molecular weight is 361 g/mol. The van der Waals surface area contributed by atoms with Crippen molar-refractivity contribution in [1.82, 2.24) is 4.90 Å². The summed E-state index contributed by atoms with van der Waals surface area (Å²) in [7, 11) is 0. The molecule has 0 unspecified atom stereocenters. The molecule has 0 aromatic rings. The van der Waals surface area contributed by atoms with Crippen LogP contribution in [0.5, 0.6) is 0 Å². The van der Waals surface area contributed by atoms with Gasteiger partial charge in [-0.3, -0.25) is 4.90 Å². The molecule has 0 aromatic carbocycles. The molecule has 1 fully saturated rings. The lowest BCUT2D eigenvalue weighted by atomic mass is 10.1. The summed E-state index contributed by atoms with van der Waals surface area (Å²) in [6.07, 6.45) is 10.3. The molecule has 0 N–H and O–H groups in total. The van der Waals surface area contributed by atoms with Gasteiger partial charge in [-0.25, -0.2) is 0 Å². The SMILES string of the molecule is Cl[Si](Cl)(Cl)CCCCCCCCCCN1CCOCC1. The molecule has 1 aliphatic heterocycles. The predicted molar refractivity (Wildman–Crippen MR) is 92.3 cm³/mol. The van der Waals surface area contributed by atoms with Gasteiger partial charge in [0.1, 0.15) is 0 Å². The van der Waals surface area contributed by atoms with Gasteiger partial charge in [-0.15, -0.1) is 33.2 Å². The Labute approximate surface area is 139 Å². The van der Waals surface area contributed by atoms with Crippen LogP contribution in [0.1, 0.15) is 51.4 Å². The van der Waals surface area contributed by atoms with E-state index in [4.69, 9.17) is 38.0 Å². The van der Waals surface area contributed by atoms with Gasteiger partial charge in [-0.2, -0.15) is 0 Å². The van der Waals surface area contributed by atoms with E-state index in [0.29, 0.717) is 0 Å². The Bertz CT molecular complexity index is 233. The molecule has 20 heavy (non-hydrogen) atoms. The van der Waals surface area contributed by atoms with Crippen LogP contribution < -0.4 is 0 Å². The molecule has 0 spiro atoms. The molecule has 0 amide bonds. The zero-order valence-electron chi connectivity index (χ0n) is 12.4. The van der Waals surface area contributed by atoms with E-state index < -0.39 is 6.00 Å². The summed E-state index contributed by atoms with van der Waals surface area (Å²) >= 11 is 17.6. The Morgan fingerprint density at radius 3 is 1.80 bits per heavy atom. The van der Waals surface area contributed by atoms with E-state index in [2.05, 4.69) is 4.90 Å². The summed E-state index contributed by atoms with van der Waals surface area (Å²) in [6, 6.07) is -1.54. The van der Waals surface area contributed by atoms with E-state index in [0.717, 1.165) is 38.8 Å². The van der Waals surface area contributed by atoms with E-state index in [-0.39, 0.29) is 0 Å². The number of ether oxygens (including phenoxy) is 1. The van der Waals surface area contributed by atoms with Crippen LogP contribution in [0, 0.1) is 0 Å². The smallest absolute Gasteiger partial charge is 0.341 e. The molecule has 1 aliphatic rings. The molecule has 6 heteroatoms. The third-order valence-electron chi connectivity index (χ3n) is 3.79. The molecular weight excluding hydrogens is 333 g/mol. The summed E-state index contributed by atoms with van der Waals surface area (Å²) in [5, 5.41) is 0. The molecule has 1 heterocycles. The van der Waals surface area contributed by atoms with Gasteiger partial charge < -0.3 is 4.74 Å². The van der Waals surface area contributed by atoms with E-state index in [1.165, 1.54) is 51.5 Å². The Hall–Kier alpha value is 1.01. The van der Waals surface area contributed by atoms with Crippen molar-refractivity contribution in [2.24, 2.45) is 0 Å². The van der Waals surface area contributed by atoms with Crippen molar-refractivity contribution in [3.8, 4) is 0 Å². The molecule has 0 bridgehead atoms. The zero-order chi connectivity index (χ0) is 14.7. The summed E-state index contributed by atoms with van der Waals surface area (Å²) in [5.74, 6) is 0. The van der Waals surface area contributed by atoms with Gasteiger partial charge in [0.05, 0.1) is 13.2 Å². The second kappa shape index (κ2) is 11.6. The van der Waals surface area contributed by atoms with E-state index in [1.54, 1.807) is 0 Å². The normalized spacial score (nSPS) is 17.6. The molecular formula is C14H28Cl3NOSi. The van der Waals surface area contributed by atoms with Crippen molar-refractivity contribution in [3.05, 3.63) is 0 Å². The maximum atomic E-state index is 5.85. The van der Waals surface area contributed by atoms with Gasteiger partial charge in [0.15, 0.2) is 0 Å². The number of nitrogens with zero attached hydrogens (tertiary/aromatic N) is 1. The summed E-state index contributed by atoms with van der Waals surface area (Å²) in [4.78, 5) is 2.52. The third kappa shape index (κ3) is 11.6. The second-order valence-electron chi connectivity index (χ2n) is 5.65. The van der Waals surface area contributed by atoms with Crippen molar-refractivity contribution < 1.29 is 4.74 Å². The number of halogens is 3.